The summed E-state index contributed by atoms with van der Waals surface area (Å²) < 4.78 is 0. The van der Waals surface area contributed by atoms with Gasteiger partial charge in [0, 0.05) is 19.1 Å². The molecule has 4 heteroatoms. The van der Waals surface area contributed by atoms with Crippen LogP contribution in [0.3, 0.4) is 0 Å². The summed E-state index contributed by atoms with van der Waals surface area (Å²) >= 11 is 0. The van der Waals surface area contributed by atoms with Crippen LogP contribution in [-0.2, 0) is 6.54 Å². The number of carbonyl (C=O) groups is 1. The van der Waals surface area contributed by atoms with Gasteiger partial charge in [-0.2, -0.15) is 0 Å². The molecule has 2 amide bonds. The first kappa shape index (κ1) is 12.9. The number of hydrogen-bond acceptors (Lipinski definition) is 2. The lowest BCUT2D eigenvalue weighted by molar-refractivity contribution is 0.239. The SMILES string of the molecule is Cc1cccc(CNC(=O)NCC2CCCN2)c1. The summed E-state index contributed by atoms with van der Waals surface area (Å²) in [5, 5.41) is 9.12. The molecule has 2 rings (SSSR count). The normalized spacial score (nSPS) is 18.6. The monoisotopic (exact) mass is 247 g/mol. The molecule has 1 saturated heterocycles. The highest BCUT2D eigenvalue weighted by Crippen LogP contribution is 2.04. The fraction of sp³-hybridized carbons (Fsp3) is 0.500. The van der Waals surface area contributed by atoms with Crippen molar-refractivity contribution in [2.45, 2.75) is 32.4 Å². The molecule has 18 heavy (non-hydrogen) atoms. The van der Waals surface area contributed by atoms with Crippen LogP contribution in [0.25, 0.3) is 0 Å². The van der Waals surface area contributed by atoms with Crippen molar-refractivity contribution in [3.63, 3.8) is 0 Å². The lowest BCUT2D eigenvalue weighted by Gasteiger charge is -2.12. The van der Waals surface area contributed by atoms with Crippen LogP contribution in [0.5, 0.6) is 0 Å². The van der Waals surface area contributed by atoms with Crippen molar-refractivity contribution in [2.75, 3.05) is 13.1 Å². The highest BCUT2D eigenvalue weighted by atomic mass is 16.2. The molecule has 1 heterocycles. The molecular weight excluding hydrogens is 226 g/mol. The first-order chi connectivity index (χ1) is 8.74. The van der Waals surface area contributed by atoms with Gasteiger partial charge in [0.25, 0.3) is 0 Å². The van der Waals surface area contributed by atoms with Gasteiger partial charge in [-0.25, -0.2) is 4.79 Å². The van der Waals surface area contributed by atoms with Crippen LogP contribution in [-0.4, -0.2) is 25.2 Å². The van der Waals surface area contributed by atoms with E-state index in [9.17, 15) is 4.79 Å². The molecule has 3 N–H and O–H groups in total. The quantitative estimate of drug-likeness (QED) is 0.756. The summed E-state index contributed by atoms with van der Waals surface area (Å²) in [6.45, 7) is 4.40. The number of rotatable bonds is 4. The van der Waals surface area contributed by atoms with Crippen LogP contribution in [0.2, 0.25) is 0 Å². The van der Waals surface area contributed by atoms with Crippen molar-refractivity contribution in [3.05, 3.63) is 35.4 Å². The largest absolute Gasteiger partial charge is 0.337 e. The lowest BCUT2D eigenvalue weighted by atomic mass is 10.1. The Kier molecular flexibility index (Phi) is 4.59. The second kappa shape index (κ2) is 6.40. The van der Waals surface area contributed by atoms with Crippen LogP contribution in [0, 0.1) is 6.92 Å². The van der Waals surface area contributed by atoms with Crippen molar-refractivity contribution in [1.82, 2.24) is 16.0 Å². The standard InChI is InChI=1S/C14H21N3O/c1-11-4-2-5-12(8-11)9-16-14(18)17-10-13-6-3-7-15-13/h2,4-5,8,13,15H,3,6-7,9-10H2,1H3,(H2,16,17,18). The summed E-state index contributed by atoms with van der Waals surface area (Å²) in [4.78, 5) is 11.6. The van der Waals surface area contributed by atoms with Crippen molar-refractivity contribution < 1.29 is 4.79 Å². The summed E-state index contributed by atoms with van der Waals surface area (Å²) in [5.41, 5.74) is 2.34. The maximum absolute atomic E-state index is 11.6. The third-order valence-electron chi connectivity index (χ3n) is 3.21. The number of hydrogen-bond donors (Lipinski definition) is 3. The van der Waals surface area contributed by atoms with Crippen LogP contribution in [0.4, 0.5) is 4.79 Å². The van der Waals surface area contributed by atoms with Gasteiger partial charge in [-0.3, -0.25) is 0 Å². The van der Waals surface area contributed by atoms with Gasteiger partial charge < -0.3 is 16.0 Å². The number of benzene rings is 1. The van der Waals surface area contributed by atoms with E-state index in [1.165, 1.54) is 12.0 Å². The molecule has 0 saturated carbocycles. The maximum atomic E-state index is 11.6. The number of carbonyl (C=O) groups excluding carboxylic acids is 1. The van der Waals surface area contributed by atoms with E-state index in [1.807, 2.05) is 12.1 Å². The highest BCUT2D eigenvalue weighted by Gasteiger charge is 2.14. The topological polar surface area (TPSA) is 53.2 Å². The molecule has 0 bridgehead atoms. The second-order valence-corrected chi connectivity index (χ2v) is 4.85. The summed E-state index contributed by atoms with van der Waals surface area (Å²) in [6, 6.07) is 8.51. The summed E-state index contributed by atoms with van der Waals surface area (Å²) in [6.07, 6.45) is 2.36. The Bertz CT molecular complexity index is 400. The predicted octanol–water partition coefficient (Wildman–Crippen LogP) is 1.55. The first-order valence-electron chi connectivity index (χ1n) is 6.54. The van der Waals surface area contributed by atoms with E-state index < -0.39 is 0 Å². The molecule has 0 aliphatic carbocycles. The smallest absolute Gasteiger partial charge is 0.315 e. The minimum absolute atomic E-state index is 0.0924. The van der Waals surface area contributed by atoms with Crippen LogP contribution < -0.4 is 16.0 Å². The molecule has 1 unspecified atom stereocenters. The average Bonchev–Trinajstić information content (AvgIpc) is 2.87. The van der Waals surface area contributed by atoms with Crippen molar-refractivity contribution >= 4 is 6.03 Å². The lowest BCUT2D eigenvalue weighted by Crippen LogP contribution is -2.42. The molecule has 0 radical (unpaired) electrons. The number of nitrogens with one attached hydrogen (secondary N) is 3. The summed E-state index contributed by atoms with van der Waals surface area (Å²) in [5.74, 6) is 0. The molecule has 0 aromatic heterocycles. The molecule has 1 aliphatic rings. The van der Waals surface area contributed by atoms with Crippen LogP contribution in [0.15, 0.2) is 24.3 Å². The zero-order valence-electron chi connectivity index (χ0n) is 10.8. The molecular formula is C14H21N3O. The van der Waals surface area contributed by atoms with E-state index in [2.05, 4.69) is 35.0 Å². The van der Waals surface area contributed by atoms with Gasteiger partial charge in [0.2, 0.25) is 0 Å². The third kappa shape index (κ3) is 4.04. The van der Waals surface area contributed by atoms with E-state index in [4.69, 9.17) is 0 Å². The van der Waals surface area contributed by atoms with Crippen molar-refractivity contribution in [2.24, 2.45) is 0 Å². The van der Waals surface area contributed by atoms with E-state index in [1.54, 1.807) is 0 Å². The van der Waals surface area contributed by atoms with Gasteiger partial charge in [-0.05, 0) is 31.9 Å². The van der Waals surface area contributed by atoms with E-state index in [-0.39, 0.29) is 6.03 Å². The molecule has 1 aliphatic heterocycles. The van der Waals surface area contributed by atoms with Gasteiger partial charge in [0.1, 0.15) is 0 Å². The molecule has 1 aromatic rings. The zero-order chi connectivity index (χ0) is 12.8. The fourth-order valence-electron chi connectivity index (χ4n) is 2.21. The predicted molar refractivity (Wildman–Crippen MR) is 72.4 cm³/mol. The number of amides is 2. The van der Waals surface area contributed by atoms with Gasteiger partial charge >= 0.3 is 6.03 Å². The Morgan fingerprint density at radius 2 is 2.33 bits per heavy atom. The Hall–Kier alpha value is -1.55. The van der Waals surface area contributed by atoms with Gasteiger partial charge in [-0.1, -0.05) is 29.8 Å². The van der Waals surface area contributed by atoms with Crippen molar-refractivity contribution in [1.29, 1.82) is 0 Å². The number of aryl methyl sites for hydroxylation is 1. The van der Waals surface area contributed by atoms with Gasteiger partial charge in [-0.15, -0.1) is 0 Å². The Morgan fingerprint density at radius 1 is 1.44 bits per heavy atom. The molecule has 1 aromatic carbocycles. The fourth-order valence-corrected chi connectivity index (χ4v) is 2.21. The van der Waals surface area contributed by atoms with Crippen molar-refractivity contribution in [3.8, 4) is 0 Å². The van der Waals surface area contributed by atoms with E-state index in [0.29, 0.717) is 19.1 Å². The van der Waals surface area contributed by atoms with Gasteiger partial charge in [0.05, 0.1) is 0 Å². The summed E-state index contributed by atoms with van der Waals surface area (Å²) in [7, 11) is 0. The molecule has 0 spiro atoms. The zero-order valence-corrected chi connectivity index (χ0v) is 10.8. The van der Waals surface area contributed by atoms with E-state index in [0.717, 1.165) is 18.5 Å². The Labute approximate surface area is 108 Å². The molecule has 4 nitrogen and oxygen atoms in total. The minimum atomic E-state index is -0.0924. The first-order valence-corrected chi connectivity index (χ1v) is 6.54. The molecule has 1 atom stereocenters. The Morgan fingerprint density at radius 3 is 3.06 bits per heavy atom. The highest BCUT2D eigenvalue weighted by molar-refractivity contribution is 5.73. The van der Waals surface area contributed by atoms with Crippen LogP contribution >= 0.6 is 0 Å². The molecule has 98 valence electrons. The van der Waals surface area contributed by atoms with E-state index >= 15 is 0 Å². The van der Waals surface area contributed by atoms with Crippen LogP contribution in [0.1, 0.15) is 24.0 Å². The average molecular weight is 247 g/mol. The Balaban J connectivity index is 1.68. The van der Waals surface area contributed by atoms with Gasteiger partial charge in [0.15, 0.2) is 0 Å². The molecule has 1 fully saturated rings. The maximum Gasteiger partial charge on any atom is 0.315 e. The number of urea groups is 1. The third-order valence-corrected chi connectivity index (χ3v) is 3.21. The minimum Gasteiger partial charge on any atom is -0.337 e. The second-order valence-electron chi connectivity index (χ2n) is 4.85.